The van der Waals surface area contributed by atoms with Gasteiger partial charge in [-0.15, -0.1) is 0 Å². The minimum atomic E-state index is -0.304. The van der Waals surface area contributed by atoms with Crippen molar-refractivity contribution < 1.29 is 14.3 Å². The minimum Gasteiger partial charge on any atom is -0.495 e. The number of carbonyl (C=O) groups is 2. The Hall–Kier alpha value is -1.83. The second-order valence-corrected chi connectivity index (χ2v) is 8.91. The van der Waals surface area contributed by atoms with E-state index in [0.29, 0.717) is 23.0 Å². The molecule has 8 heteroatoms. The Bertz CT molecular complexity index is 720. The van der Waals surface area contributed by atoms with Gasteiger partial charge in [0.2, 0.25) is 11.8 Å². The van der Waals surface area contributed by atoms with Crippen molar-refractivity contribution >= 4 is 29.1 Å². The number of benzene rings is 1. The maximum Gasteiger partial charge on any atom is 0.241 e. The van der Waals surface area contributed by atoms with Gasteiger partial charge in [0.1, 0.15) is 5.75 Å². The summed E-state index contributed by atoms with van der Waals surface area (Å²) in [5, 5.41) is 6.46. The Labute approximate surface area is 178 Å². The first-order valence-electron chi connectivity index (χ1n) is 10.0. The minimum absolute atomic E-state index is 0.0322. The molecule has 0 bridgehead atoms. The van der Waals surface area contributed by atoms with E-state index in [2.05, 4.69) is 20.4 Å². The fourth-order valence-electron chi connectivity index (χ4n) is 3.38. The van der Waals surface area contributed by atoms with Crippen LogP contribution in [0.2, 0.25) is 5.02 Å². The van der Waals surface area contributed by atoms with Crippen LogP contribution in [0.1, 0.15) is 34.1 Å². The molecule has 29 heavy (non-hydrogen) atoms. The zero-order valence-corrected chi connectivity index (χ0v) is 18.8. The zero-order chi connectivity index (χ0) is 21.6. The van der Waals surface area contributed by atoms with Gasteiger partial charge >= 0.3 is 0 Å². The molecule has 0 spiro atoms. The monoisotopic (exact) mass is 424 g/mol. The predicted molar refractivity (Wildman–Crippen MR) is 117 cm³/mol. The maximum absolute atomic E-state index is 12.8. The highest BCUT2D eigenvalue weighted by Crippen LogP contribution is 2.28. The zero-order valence-electron chi connectivity index (χ0n) is 18.0. The van der Waals surface area contributed by atoms with E-state index in [9.17, 15) is 9.59 Å². The van der Waals surface area contributed by atoms with Crippen molar-refractivity contribution in [2.75, 3.05) is 45.2 Å². The van der Waals surface area contributed by atoms with E-state index in [0.717, 1.165) is 32.6 Å². The van der Waals surface area contributed by atoms with Crippen molar-refractivity contribution in [1.29, 1.82) is 0 Å². The average molecular weight is 425 g/mol. The topological polar surface area (TPSA) is 73.9 Å². The lowest BCUT2D eigenvalue weighted by Crippen LogP contribution is -2.47. The summed E-state index contributed by atoms with van der Waals surface area (Å²) in [6.45, 7) is 11.3. The molecule has 1 fully saturated rings. The van der Waals surface area contributed by atoms with Gasteiger partial charge in [-0.2, -0.15) is 0 Å². The molecule has 2 rings (SSSR count). The summed E-state index contributed by atoms with van der Waals surface area (Å²) in [6.07, 6.45) is 0.904. The Balaban J connectivity index is 1.91. The average Bonchev–Trinajstić information content (AvgIpc) is 2.85. The van der Waals surface area contributed by atoms with Gasteiger partial charge in [-0.3, -0.25) is 19.4 Å². The largest absolute Gasteiger partial charge is 0.495 e. The Morgan fingerprint density at radius 1 is 1.21 bits per heavy atom. The number of rotatable bonds is 6. The Morgan fingerprint density at radius 3 is 2.59 bits per heavy atom. The summed E-state index contributed by atoms with van der Waals surface area (Å²) in [5.74, 6) is 0.496. The van der Waals surface area contributed by atoms with Gasteiger partial charge in [0.15, 0.2) is 0 Å². The fourth-order valence-corrected chi connectivity index (χ4v) is 3.55. The first-order chi connectivity index (χ1) is 13.6. The number of hydrogen-bond donors (Lipinski definition) is 2. The van der Waals surface area contributed by atoms with Gasteiger partial charge < -0.3 is 15.4 Å². The van der Waals surface area contributed by atoms with Crippen LogP contribution < -0.4 is 15.4 Å². The van der Waals surface area contributed by atoms with E-state index in [1.807, 2.05) is 27.7 Å². The van der Waals surface area contributed by atoms with Crippen LogP contribution in [-0.4, -0.2) is 73.0 Å². The molecule has 1 heterocycles. The molecule has 1 aromatic carbocycles. The molecular formula is C21H33ClN4O3. The van der Waals surface area contributed by atoms with Crippen molar-refractivity contribution in [3.8, 4) is 5.75 Å². The van der Waals surface area contributed by atoms with Gasteiger partial charge in [-0.25, -0.2) is 0 Å². The van der Waals surface area contributed by atoms with Crippen molar-refractivity contribution in [3.63, 3.8) is 0 Å². The number of carbonyl (C=O) groups excluding carboxylic acids is 2. The highest BCUT2D eigenvalue weighted by atomic mass is 35.5. The normalized spacial score (nSPS) is 17.3. The van der Waals surface area contributed by atoms with Crippen molar-refractivity contribution in [2.45, 2.75) is 45.7 Å². The Kier molecular flexibility index (Phi) is 8.31. The summed E-state index contributed by atoms with van der Waals surface area (Å²) < 4.78 is 5.30. The second kappa shape index (κ2) is 10.3. The third-order valence-electron chi connectivity index (χ3n) is 4.85. The maximum atomic E-state index is 12.8. The smallest absolute Gasteiger partial charge is 0.241 e. The molecule has 0 aliphatic carbocycles. The number of methoxy groups -OCH3 is 1. The standard InChI is InChI=1S/C21H33ClN4O3/c1-15(20(28)23-17-13-16(22)7-8-18(17)29-5)26-10-6-9-25(11-12-26)14-19(27)24-21(2,3)4/h7-8,13,15H,6,9-12,14H2,1-5H3,(H,23,28)(H,24,27)/t15-/m1/s1. The van der Waals surface area contributed by atoms with E-state index >= 15 is 0 Å². The van der Waals surface area contributed by atoms with E-state index in [1.54, 1.807) is 25.3 Å². The third kappa shape index (κ3) is 7.49. The molecule has 0 radical (unpaired) electrons. The van der Waals surface area contributed by atoms with E-state index in [-0.39, 0.29) is 23.4 Å². The first kappa shape index (κ1) is 23.4. The molecular weight excluding hydrogens is 392 g/mol. The molecule has 1 saturated heterocycles. The van der Waals surface area contributed by atoms with E-state index in [1.165, 1.54) is 0 Å². The molecule has 0 saturated carbocycles. The number of hydrogen-bond acceptors (Lipinski definition) is 5. The van der Waals surface area contributed by atoms with Gasteiger partial charge in [0.05, 0.1) is 25.4 Å². The molecule has 1 atom stereocenters. The first-order valence-corrected chi connectivity index (χ1v) is 10.4. The molecule has 2 amide bonds. The summed E-state index contributed by atoms with van der Waals surface area (Å²) in [7, 11) is 1.56. The highest BCUT2D eigenvalue weighted by Gasteiger charge is 2.26. The lowest BCUT2D eigenvalue weighted by Gasteiger charge is -2.27. The molecule has 1 aliphatic heterocycles. The lowest BCUT2D eigenvalue weighted by molar-refractivity contribution is -0.124. The summed E-state index contributed by atoms with van der Waals surface area (Å²) in [5.41, 5.74) is 0.329. The van der Waals surface area contributed by atoms with Crippen molar-refractivity contribution in [3.05, 3.63) is 23.2 Å². The second-order valence-electron chi connectivity index (χ2n) is 8.47. The third-order valence-corrected chi connectivity index (χ3v) is 5.09. The van der Waals surface area contributed by atoms with Crippen LogP contribution in [0, 0.1) is 0 Å². The number of nitrogens with one attached hydrogen (secondary N) is 2. The summed E-state index contributed by atoms with van der Waals surface area (Å²) in [4.78, 5) is 29.3. The van der Waals surface area contributed by atoms with E-state index in [4.69, 9.17) is 16.3 Å². The van der Waals surface area contributed by atoms with Crippen LogP contribution in [0.5, 0.6) is 5.75 Å². The van der Waals surface area contributed by atoms with Crippen LogP contribution in [0.3, 0.4) is 0 Å². The van der Waals surface area contributed by atoms with Gasteiger partial charge in [0.25, 0.3) is 0 Å². The van der Waals surface area contributed by atoms with Crippen LogP contribution in [-0.2, 0) is 9.59 Å². The summed E-state index contributed by atoms with van der Waals surface area (Å²) >= 11 is 6.05. The van der Waals surface area contributed by atoms with Crippen molar-refractivity contribution in [2.24, 2.45) is 0 Å². The molecule has 0 aromatic heterocycles. The molecule has 162 valence electrons. The SMILES string of the molecule is COc1ccc(Cl)cc1NC(=O)[C@@H](C)N1CCCN(CC(=O)NC(C)(C)C)CC1. The van der Waals surface area contributed by atoms with Crippen LogP contribution >= 0.6 is 11.6 Å². The fraction of sp³-hybridized carbons (Fsp3) is 0.619. The quantitative estimate of drug-likeness (QED) is 0.734. The highest BCUT2D eigenvalue weighted by molar-refractivity contribution is 6.31. The molecule has 0 unspecified atom stereocenters. The van der Waals surface area contributed by atoms with Crippen LogP contribution in [0.15, 0.2) is 18.2 Å². The predicted octanol–water partition coefficient (Wildman–Crippen LogP) is 2.60. The van der Waals surface area contributed by atoms with Gasteiger partial charge in [-0.1, -0.05) is 11.6 Å². The molecule has 2 N–H and O–H groups in total. The lowest BCUT2D eigenvalue weighted by atomic mass is 10.1. The van der Waals surface area contributed by atoms with Crippen LogP contribution in [0.4, 0.5) is 5.69 Å². The van der Waals surface area contributed by atoms with E-state index < -0.39 is 0 Å². The molecule has 1 aromatic rings. The number of anilines is 1. The van der Waals surface area contributed by atoms with Gasteiger partial charge in [0, 0.05) is 30.2 Å². The van der Waals surface area contributed by atoms with Crippen LogP contribution in [0.25, 0.3) is 0 Å². The number of nitrogens with zero attached hydrogens (tertiary/aromatic N) is 2. The van der Waals surface area contributed by atoms with Gasteiger partial charge in [-0.05, 0) is 58.9 Å². The number of halogens is 1. The molecule has 1 aliphatic rings. The molecule has 7 nitrogen and oxygen atoms in total. The number of ether oxygens (including phenoxy) is 1. The Morgan fingerprint density at radius 2 is 1.93 bits per heavy atom. The summed E-state index contributed by atoms with van der Waals surface area (Å²) in [6, 6.07) is 4.83. The number of amides is 2. The van der Waals surface area contributed by atoms with Crippen molar-refractivity contribution in [1.82, 2.24) is 15.1 Å².